The molecule has 0 spiro atoms. The minimum atomic E-state index is -0.545. The molecule has 0 saturated carbocycles. The average molecular weight is 352 g/mol. The van der Waals surface area contributed by atoms with Gasteiger partial charge in [-0.2, -0.15) is 0 Å². The van der Waals surface area contributed by atoms with Gasteiger partial charge in [-0.25, -0.2) is 9.78 Å². The molecule has 0 unspecified atom stereocenters. The number of anilines is 1. The first-order chi connectivity index (χ1) is 12.6. The van der Waals surface area contributed by atoms with E-state index in [0.29, 0.717) is 22.8 Å². The lowest BCUT2D eigenvalue weighted by molar-refractivity contribution is 0.0602. The number of carbonyl (C=O) groups is 2. The van der Waals surface area contributed by atoms with Crippen molar-refractivity contribution in [2.45, 2.75) is 0 Å². The van der Waals surface area contributed by atoms with Crippen LogP contribution in [0.5, 0.6) is 5.75 Å². The quantitative estimate of drug-likeness (QED) is 0.708. The summed E-state index contributed by atoms with van der Waals surface area (Å²) in [7, 11) is 2.85. The summed E-state index contributed by atoms with van der Waals surface area (Å²) in [5.74, 6) is -0.0377. The summed E-state index contributed by atoms with van der Waals surface area (Å²) in [5, 5.41) is 2.67. The summed E-state index contributed by atoms with van der Waals surface area (Å²) in [4.78, 5) is 28.5. The number of oxazole rings is 1. The number of hydrogen-bond acceptors (Lipinski definition) is 6. The normalized spacial score (nSPS) is 10.2. The summed E-state index contributed by atoms with van der Waals surface area (Å²) >= 11 is 0. The zero-order valence-corrected chi connectivity index (χ0v) is 14.2. The van der Waals surface area contributed by atoms with Gasteiger partial charge >= 0.3 is 5.97 Å². The second-order valence-corrected chi connectivity index (χ2v) is 5.25. The molecule has 1 heterocycles. The van der Waals surface area contributed by atoms with Crippen LogP contribution in [0.15, 0.2) is 59.3 Å². The largest absolute Gasteiger partial charge is 0.497 e. The monoisotopic (exact) mass is 352 g/mol. The smallest absolute Gasteiger partial charge is 0.339 e. The average Bonchev–Trinajstić information content (AvgIpc) is 3.18. The van der Waals surface area contributed by atoms with Gasteiger partial charge in [-0.3, -0.25) is 4.79 Å². The maximum atomic E-state index is 12.6. The van der Waals surface area contributed by atoms with Crippen molar-refractivity contribution in [3.05, 3.63) is 66.2 Å². The third-order valence-electron chi connectivity index (χ3n) is 3.72. The molecular formula is C19H16N2O5. The Morgan fingerprint density at radius 3 is 2.46 bits per heavy atom. The van der Waals surface area contributed by atoms with Crippen molar-refractivity contribution in [1.82, 2.24) is 4.98 Å². The maximum absolute atomic E-state index is 12.6. The van der Waals surface area contributed by atoms with E-state index in [1.807, 2.05) is 0 Å². The van der Waals surface area contributed by atoms with Crippen molar-refractivity contribution in [2.24, 2.45) is 0 Å². The van der Waals surface area contributed by atoms with Crippen LogP contribution < -0.4 is 10.1 Å². The fourth-order valence-corrected chi connectivity index (χ4v) is 2.42. The van der Waals surface area contributed by atoms with E-state index in [4.69, 9.17) is 13.9 Å². The first-order valence-electron chi connectivity index (χ1n) is 7.70. The molecule has 0 fully saturated rings. The first-order valence-corrected chi connectivity index (χ1v) is 7.70. The number of aromatic nitrogens is 1. The highest BCUT2D eigenvalue weighted by Crippen LogP contribution is 2.26. The summed E-state index contributed by atoms with van der Waals surface area (Å²) in [6.07, 6.45) is 1.20. The van der Waals surface area contributed by atoms with Crippen molar-refractivity contribution in [3.8, 4) is 17.1 Å². The van der Waals surface area contributed by atoms with E-state index >= 15 is 0 Å². The van der Waals surface area contributed by atoms with E-state index in [1.165, 1.54) is 13.5 Å². The van der Waals surface area contributed by atoms with Crippen LogP contribution in [-0.2, 0) is 4.74 Å². The highest BCUT2D eigenvalue weighted by molar-refractivity contribution is 6.09. The number of rotatable bonds is 5. The molecular weight excluding hydrogens is 336 g/mol. The van der Waals surface area contributed by atoms with Gasteiger partial charge in [0, 0.05) is 5.56 Å². The van der Waals surface area contributed by atoms with E-state index in [0.717, 1.165) is 0 Å². The van der Waals surface area contributed by atoms with Gasteiger partial charge in [0.05, 0.1) is 25.5 Å². The van der Waals surface area contributed by atoms with Crippen molar-refractivity contribution >= 4 is 17.6 Å². The van der Waals surface area contributed by atoms with Gasteiger partial charge in [-0.05, 0) is 36.4 Å². The molecule has 2 aromatic carbocycles. The Hall–Kier alpha value is -3.61. The number of hydrogen-bond donors (Lipinski definition) is 1. The molecule has 3 rings (SSSR count). The number of nitrogens with zero attached hydrogens (tertiary/aromatic N) is 1. The topological polar surface area (TPSA) is 90.7 Å². The number of ether oxygens (including phenoxy) is 2. The van der Waals surface area contributed by atoms with Gasteiger partial charge in [0.1, 0.15) is 5.75 Å². The fourth-order valence-electron chi connectivity index (χ4n) is 2.42. The maximum Gasteiger partial charge on any atom is 0.339 e. The number of para-hydroxylation sites is 1. The minimum absolute atomic E-state index is 0.106. The Morgan fingerprint density at radius 1 is 1.04 bits per heavy atom. The number of benzene rings is 2. The predicted octanol–water partition coefficient (Wildman–Crippen LogP) is 3.39. The summed E-state index contributed by atoms with van der Waals surface area (Å²) in [6.45, 7) is 0. The minimum Gasteiger partial charge on any atom is -0.497 e. The van der Waals surface area contributed by atoms with Crippen LogP contribution in [0.3, 0.4) is 0 Å². The van der Waals surface area contributed by atoms with Crippen LogP contribution in [0.1, 0.15) is 20.8 Å². The summed E-state index contributed by atoms with van der Waals surface area (Å²) in [6, 6.07) is 13.6. The Labute approximate surface area is 149 Å². The van der Waals surface area contributed by atoms with Crippen LogP contribution >= 0.6 is 0 Å². The molecule has 26 heavy (non-hydrogen) atoms. The van der Waals surface area contributed by atoms with Crippen LogP contribution in [0.4, 0.5) is 5.69 Å². The molecule has 0 aliphatic rings. The molecule has 7 heteroatoms. The van der Waals surface area contributed by atoms with Gasteiger partial charge in [0.25, 0.3) is 5.91 Å². The van der Waals surface area contributed by atoms with E-state index in [-0.39, 0.29) is 11.3 Å². The Kier molecular flexibility index (Phi) is 4.98. The third kappa shape index (κ3) is 3.41. The first kappa shape index (κ1) is 17.2. The van der Waals surface area contributed by atoms with Gasteiger partial charge in [-0.1, -0.05) is 12.1 Å². The predicted molar refractivity (Wildman–Crippen MR) is 94.2 cm³/mol. The van der Waals surface area contributed by atoms with E-state index in [9.17, 15) is 9.59 Å². The lowest BCUT2D eigenvalue weighted by Crippen LogP contribution is -2.16. The van der Waals surface area contributed by atoms with Crippen LogP contribution in [0, 0.1) is 0 Å². The van der Waals surface area contributed by atoms with E-state index < -0.39 is 11.9 Å². The second kappa shape index (κ2) is 7.52. The SMILES string of the molecule is COC(=O)c1ccccc1NC(=O)c1ncoc1-c1ccc(OC)cc1. The zero-order valence-electron chi connectivity index (χ0n) is 14.2. The molecule has 3 aromatic rings. The molecule has 0 saturated heterocycles. The molecule has 1 amide bonds. The van der Waals surface area contributed by atoms with Crippen LogP contribution in [0.2, 0.25) is 0 Å². The highest BCUT2D eigenvalue weighted by Gasteiger charge is 2.20. The number of carbonyl (C=O) groups excluding carboxylic acids is 2. The van der Waals surface area contributed by atoms with Crippen molar-refractivity contribution in [2.75, 3.05) is 19.5 Å². The van der Waals surface area contributed by atoms with Crippen molar-refractivity contribution in [1.29, 1.82) is 0 Å². The van der Waals surface area contributed by atoms with Gasteiger partial charge in [0.2, 0.25) is 0 Å². The van der Waals surface area contributed by atoms with E-state index in [1.54, 1.807) is 55.6 Å². The molecule has 7 nitrogen and oxygen atoms in total. The zero-order chi connectivity index (χ0) is 18.5. The Morgan fingerprint density at radius 2 is 1.77 bits per heavy atom. The standard InChI is InChI=1S/C19H16N2O5/c1-24-13-9-7-12(8-10-13)17-16(20-11-26-17)18(22)21-15-6-4-3-5-14(15)19(23)25-2/h3-11H,1-2H3,(H,21,22). The van der Waals surface area contributed by atoms with E-state index in [2.05, 4.69) is 10.3 Å². The number of nitrogens with one attached hydrogen (secondary N) is 1. The summed E-state index contributed by atoms with van der Waals surface area (Å²) in [5.41, 5.74) is 1.36. The Bertz CT molecular complexity index is 931. The Balaban J connectivity index is 1.88. The van der Waals surface area contributed by atoms with Crippen LogP contribution in [-0.4, -0.2) is 31.1 Å². The van der Waals surface area contributed by atoms with Crippen LogP contribution in [0.25, 0.3) is 11.3 Å². The summed E-state index contributed by atoms with van der Waals surface area (Å²) < 4.78 is 15.2. The number of amides is 1. The molecule has 0 atom stereocenters. The number of methoxy groups -OCH3 is 2. The lowest BCUT2D eigenvalue weighted by Gasteiger charge is -2.09. The molecule has 1 N–H and O–H groups in total. The lowest BCUT2D eigenvalue weighted by atomic mass is 10.1. The third-order valence-corrected chi connectivity index (χ3v) is 3.72. The molecule has 0 aliphatic heterocycles. The van der Waals surface area contributed by atoms with Gasteiger partial charge in [0.15, 0.2) is 17.8 Å². The van der Waals surface area contributed by atoms with Crippen molar-refractivity contribution < 1.29 is 23.5 Å². The molecule has 1 aromatic heterocycles. The highest BCUT2D eigenvalue weighted by atomic mass is 16.5. The fraction of sp³-hybridized carbons (Fsp3) is 0.105. The molecule has 0 bridgehead atoms. The van der Waals surface area contributed by atoms with Crippen molar-refractivity contribution in [3.63, 3.8) is 0 Å². The van der Waals surface area contributed by atoms with Gasteiger partial charge < -0.3 is 19.2 Å². The second-order valence-electron chi connectivity index (χ2n) is 5.25. The number of esters is 1. The molecule has 0 aliphatic carbocycles. The van der Waals surface area contributed by atoms with Gasteiger partial charge in [-0.15, -0.1) is 0 Å². The molecule has 0 radical (unpaired) electrons. The molecule has 132 valence electrons.